The Balaban J connectivity index is 1.45. The number of benzene rings is 1. The summed E-state index contributed by atoms with van der Waals surface area (Å²) in [6, 6.07) is 9.48. The molecule has 3 aromatic rings. The molecular weight excluding hydrogens is 424 g/mol. The summed E-state index contributed by atoms with van der Waals surface area (Å²) in [7, 11) is -3.66. The van der Waals surface area contributed by atoms with Gasteiger partial charge in [-0.2, -0.15) is 4.31 Å². The second-order valence-electron chi connectivity index (χ2n) is 6.81. The highest BCUT2D eigenvalue weighted by Crippen LogP contribution is 2.26. The van der Waals surface area contributed by atoms with Crippen LogP contribution < -0.4 is 5.32 Å². The van der Waals surface area contributed by atoms with E-state index in [1.165, 1.54) is 33.5 Å². The number of carbonyl (C=O) groups is 1. The van der Waals surface area contributed by atoms with Crippen LogP contribution in [0.25, 0.3) is 11.3 Å². The summed E-state index contributed by atoms with van der Waals surface area (Å²) in [5, 5.41) is 5.04. The molecule has 1 aliphatic heterocycles. The molecule has 1 aliphatic rings. The van der Waals surface area contributed by atoms with Crippen molar-refractivity contribution in [1.29, 1.82) is 0 Å². The molecule has 3 heterocycles. The highest BCUT2D eigenvalue weighted by molar-refractivity contribution is 7.89. The normalized spacial score (nSPS) is 15.2. The molecule has 0 aliphatic carbocycles. The Morgan fingerprint density at radius 2 is 2.00 bits per heavy atom. The number of hydrogen-bond donors (Lipinski definition) is 2. The van der Waals surface area contributed by atoms with Gasteiger partial charge in [0.2, 0.25) is 10.0 Å². The summed E-state index contributed by atoms with van der Waals surface area (Å²) < 4.78 is 32.0. The second-order valence-corrected chi connectivity index (χ2v) is 9.60. The van der Waals surface area contributed by atoms with E-state index in [2.05, 4.69) is 34.3 Å². The predicted molar refractivity (Wildman–Crippen MR) is 115 cm³/mol. The first-order chi connectivity index (χ1) is 14.5. The molecule has 0 bridgehead atoms. The molecule has 8 nitrogen and oxygen atoms in total. The standard InChI is InChI=1S/C20H22N4O4S2/c1-2-14-3-5-15(6-4-14)18-13-29-20(22-18)23-19(25)17-11-16(12-21-17)30(26,27)24-7-9-28-10-8-24/h3-6,11-13,21H,2,7-10H2,1H3,(H,22,23,25). The Morgan fingerprint density at radius 1 is 1.27 bits per heavy atom. The molecule has 2 aromatic heterocycles. The summed E-state index contributed by atoms with van der Waals surface area (Å²) in [5.74, 6) is -0.444. The maximum absolute atomic E-state index is 12.7. The van der Waals surface area contributed by atoms with Gasteiger partial charge in [-0.25, -0.2) is 13.4 Å². The number of thiazole rings is 1. The van der Waals surface area contributed by atoms with Crippen LogP contribution in [0.3, 0.4) is 0 Å². The van der Waals surface area contributed by atoms with Crippen molar-refractivity contribution in [2.75, 3.05) is 31.6 Å². The third-order valence-electron chi connectivity index (χ3n) is 4.89. The molecule has 1 aromatic carbocycles. The quantitative estimate of drug-likeness (QED) is 0.606. The molecule has 10 heteroatoms. The molecule has 158 valence electrons. The number of amides is 1. The number of aromatic amines is 1. The van der Waals surface area contributed by atoms with E-state index in [-0.39, 0.29) is 10.6 Å². The van der Waals surface area contributed by atoms with E-state index in [0.717, 1.165) is 17.7 Å². The third kappa shape index (κ3) is 4.31. The largest absolute Gasteiger partial charge is 0.379 e. The van der Waals surface area contributed by atoms with Gasteiger partial charge in [-0.05, 0) is 18.1 Å². The summed E-state index contributed by atoms with van der Waals surface area (Å²) in [6.07, 6.45) is 2.31. The van der Waals surface area contributed by atoms with Crippen molar-refractivity contribution in [1.82, 2.24) is 14.3 Å². The maximum Gasteiger partial charge on any atom is 0.273 e. The first kappa shape index (κ1) is 20.7. The number of anilines is 1. The van der Waals surface area contributed by atoms with Crippen molar-refractivity contribution in [2.24, 2.45) is 0 Å². The molecular formula is C20H22N4O4S2. The average Bonchev–Trinajstić information content (AvgIpc) is 3.45. The lowest BCUT2D eigenvalue weighted by Crippen LogP contribution is -2.40. The van der Waals surface area contributed by atoms with Gasteiger partial charge in [0.15, 0.2) is 5.13 Å². The van der Waals surface area contributed by atoms with Gasteiger partial charge in [0, 0.05) is 30.2 Å². The van der Waals surface area contributed by atoms with Crippen molar-refractivity contribution >= 4 is 32.4 Å². The monoisotopic (exact) mass is 446 g/mol. The number of aryl methyl sites for hydroxylation is 1. The Hall–Kier alpha value is -2.53. The number of morpholine rings is 1. The number of aromatic nitrogens is 2. The minimum atomic E-state index is -3.66. The van der Waals surface area contributed by atoms with Gasteiger partial charge in [-0.15, -0.1) is 11.3 Å². The number of rotatable bonds is 6. The van der Waals surface area contributed by atoms with Crippen molar-refractivity contribution in [3.8, 4) is 11.3 Å². The van der Waals surface area contributed by atoms with E-state index in [0.29, 0.717) is 31.4 Å². The molecule has 2 N–H and O–H groups in total. The van der Waals surface area contributed by atoms with Crippen LogP contribution in [0.4, 0.5) is 5.13 Å². The van der Waals surface area contributed by atoms with Crippen molar-refractivity contribution in [3.63, 3.8) is 0 Å². The minimum Gasteiger partial charge on any atom is -0.379 e. The van der Waals surface area contributed by atoms with Gasteiger partial charge in [0.1, 0.15) is 10.6 Å². The van der Waals surface area contributed by atoms with Crippen LogP contribution in [0.2, 0.25) is 0 Å². The summed E-state index contributed by atoms with van der Waals surface area (Å²) in [5.41, 5.74) is 3.16. The summed E-state index contributed by atoms with van der Waals surface area (Å²) in [6.45, 7) is 3.44. The van der Waals surface area contributed by atoms with Crippen LogP contribution >= 0.6 is 11.3 Å². The van der Waals surface area contributed by atoms with Crippen LogP contribution in [0.5, 0.6) is 0 Å². The molecule has 0 unspecified atom stereocenters. The average molecular weight is 447 g/mol. The van der Waals surface area contributed by atoms with Gasteiger partial charge in [0.25, 0.3) is 5.91 Å². The van der Waals surface area contributed by atoms with E-state index < -0.39 is 15.9 Å². The molecule has 0 saturated carbocycles. The minimum absolute atomic E-state index is 0.0605. The van der Waals surface area contributed by atoms with E-state index in [1.807, 2.05) is 17.5 Å². The first-order valence-corrected chi connectivity index (χ1v) is 11.9. The van der Waals surface area contributed by atoms with E-state index in [4.69, 9.17) is 4.74 Å². The molecule has 1 fully saturated rings. The van der Waals surface area contributed by atoms with Gasteiger partial charge in [0.05, 0.1) is 18.9 Å². The number of hydrogen-bond acceptors (Lipinski definition) is 6. The van der Waals surface area contributed by atoms with E-state index in [1.54, 1.807) is 0 Å². The van der Waals surface area contributed by atoms with Gasteiger partial charge < -0.3 is 9.72 Å². The number of nitrogens with one attached hydrogen (secondary N) is 2. The molecule has 30 heavy (non-hydrogen) atoms. The van der Waals surface area contributed by atoms with Crippen LogP contribution in [0.1, 0.15) is 23.0 Å². The Kier molecular flexibility index (Phi) is 6.00. The Bertz CT molecular complexity index is 1130. The number of H-pyrrole nitrogens is 1. The van der Waals surface area contributed by atoms with Crippen LogP contribution in [-0.4, -0.2) is 54.9 Å². The summed E-state index contributed by atoms with van der Waals surface area (Å²) in [4.78, 5) is 19.8. The molecule has 1 amide bonds. The van der Waals surface area contributed by atoms with Gasteiger partial charge in [-0.3, -0.25) is 10.1 Å². The van der Waals surface area contributed by atoms with Gasteiger partial charge >= 0.3 is 0 Å². The Labute approximate surface area is 179 Å². The van der Waals surface area contributed by atoms with Crippen molar-refractivity contribution in [2.45, 2.75) is 18.2 Å². The number of sulfonamides is 1. The predicted octanol–water partition coefficient (Wildman–Crippen LogP) is 2.97. The highest BCUT2D eigenvalue weighted by Gasteiger charge is 2.28. The zero-order valence-electron chi connectivity index (χ0n) is 16.4. The lowest BCUT2D eigenvalue weighted by molar-refractivity contribution is 0.0730. The molecule has 0 radical (unpaired) electrons. The lowest BCUT2D eigenvalue weighted by Gasteiger charge is -2.25. The van der Waals surface area contributed by atoms with Crippen LogP contribution in [0, 0.1) is 0 Å². The smallest absolute Gasteiger partial charge is 0.273 e. The fourth-order valence-corrected chi connectivity index (χ4v) is 5.25. The lowest BCUT2D eigenvalue weighted by atomic mass is 10.1. The van der Waals surface area contributed by atoms with Crippen molar-refractivity contribution < 1.29 is 17.9 Å². The maximum atomic E-state index is 12.7. The fraction of sp³-hybridized carbons (Fsp3) is 0.300. The zero-order valence-corrected chi connectivity index (χ0v) is 18.1. The van der Waals surface area contributed by atoms with E-state index in [9.17, 15) is 13.2 Å². The molecule has 0 atom stereocenters. The van der Waals surface area contributed by atoms with Gasteiger partial charge in [-0.1, -0.05) is 31.2 Å². The molecule has 4 rings (SSSR count). The summed E-state index contributed by atoms with van der Waals surface area (Å²) >= 11 is 1.32. The fourth-order valence-electron chi connectivity index (χ4n) is 3.13. The first-order valence-electron chi connectivity index (χ1n) is 9.60. The number of nitrogens with zero attached hydrogens (tertiary/aromatic N) is 2. The SMILES string of the molecule is CCc1ccc(-c2csc(NC(=O)c3cc(S(=O)(=O)N4CCOCC4)c[nH]3)n2)cc1. The number of ether oxygens (including phenoxy) is 1. The van der Waals surface area contributed by atoms with Crippen LogP contribution in [-0.2, 0) is 21.2 Å². The molecule has 1 saturated heterocycles. The van der Waals surface area contributed by atoms with E-state index >= 15 is 0 Å². The Morgan fingerprint density at radius 3 is 2.70 bits per heavy atom. The van der Waals surface area contributed by atoms with Crippen LogP contribution in [0.15, 0.2) is 46.8 Å². The van der Waals surface area contributed by atoms with Crippen molar-refractivity contribution in [3.05, 3.63) is 53.2 Å². The highest BCUT2D eigenvalue weighted by atomic mass is 32.2. The number of carbonyl (C=O) groups excluding carboxylic acids is 1. The zero-order chi connectivity index (χ0) is 21.1. The molecule has 0 spiro atoms. The third-order valence-corrected chi connectivity index (χ3v) is 7.53. The topological polar surface area (TPSA) is 104 Å². The second kappa shape index (κ2) is 8.68.